The predicted molar refractivity (Wildman–Crippen MR) is 108 cm³/mol. The molecule has 0 aliphatic carbocycles. The Morgan fingerprint density at radius 3 is 2.79 bits per heavy atom. The Hall–Kier alpha value is -3.48. The molecule has 0 aliphatic rings. The molecule has 1 atom stereocenters. The molecule has 2 aromatic carbocycles. The zero-order valence-electron chi connectivity index (χ0n) is 15.8. The molecular formula is C21H21N5O2. The number of amides is 1. The number of carbonyl (C=O) groups is 1. The molecule has 0 saturated carbocycles. The average Bonchev–Trinajstić information content (AvgIpc) is 3.08. The summed E-state index contributed by atoms with van der Waals surface area (Å²) in [6.45, 7) is 2.23. The smallest absolute Gasteiger partial charge is 0.264 e. The third-order valence-electron chi connectivity index (χ3n) is 4.95. The molecule has 0 saturated heterocycles. The van der Waals surface area contributed by atoms with E-state index in [0.717, 1.165) is 10.9 Å². The largest absolute Gasteiger partial charge is 0.350 e. The van der Waals surface area contributed by atoms with Gasteiger partial charge in [-0.25, -0.2) is 4.98 Å². The summed E-state index contributed by atoms with van der Waals surface area (Å²) in [6, 6.07) is 14.2. The van der Waals surface area contributed by atoms with Crippen molar-refractivity contribution in [2.45, 2.75) is 25.9 Å². The fourth-order valence-corrected chi connectivity index (χ4v) is 3.32. The highest BCUT2D eigenvalue weighted by atomic mass is 16.2. The van der Waals surface area contributed by atoms with Gasteiger partial charge in [-0.3, -0.25) is 18.8 Å². The molecule has 1 N–H and O–H groups in total. The highest BCUT2D eigenvalue weighted by Crippen LogP contribution is 2.20. The van der Waals surface area contributed by atoms with E-state index in [0.29, 0.717) is 11.0 Å². The summed E-state index contributed by atoms with van der Waals surface area (Å²) >= 11 is 0. The highest BCUT2D eigenvalue weighted by Gasteiger charge is 2.12. The van der Waals surface area contributed by atoms with Crippen LogP contribution in [0.3, 0.4) is 0 Å². The summed E-state index contributed by atoms with van der Waals surface area (Å²) in [5.41, 5.74) is 1.40. The molecule has 1 amide bonds. The van der Waals surface area contributed by atoms with Gasteiger partial charge in [0.25, 0.3) is 5.56 Å². The zero-order valence-corrected chi connectivity index (χ0v) is 15.8. The molecule has 0 radical (unpaired) electrons. The normalized spacial score (nSPS) is 12.4. The first-order valence-corrected chi connectivity index (χ1v) is 9.18. The monoisotopic (exact) mass is 375 g/mol. The van der Waals surface area contributed by atoms with Crippen LogP contribution in [-0.4, -0.2) is 25.2 Å². The number of benzene rings is 2. The number of nitrogens with one attached hydrogen (secondary N) is 1. The number of hydrogen-bond donors (Lipinski definition) is 1. The van der Waals surface area contributed by atoms with Gasteiger partial charge in [0.05, 0.1) is 18.6 Å². The fourth-order valence-electron chi connectivity index (χ4n) is 3.32. The van der Waals surface area contributed by atoms with Crippen molar-refractivity contribution < 1.29 is 4.79 Å². The second-order valence-electron chi connectivity index (χ2n) is 6.89. The molecule has 0 aliphatic heterocycles. The first kappa shape index (κ1) is 17.9. The Morgan fingerprint density at radius 2 is 1.96 bits per heavy atom. The Kier molecular flexibility index (Phi) is 4.65. The zero-order chi connectivity index (χ0) is 19.7. The molecule has 142 valence electrons. The Labute approximate surface area is 161 Å². The SMILES string of the molecule is CC(NC(=O)CCn1cnc2c(cnn2C)c1=O)c1ccc2ccccc2c1. The van der Waals surface area contributed by atoms with E-state index in [9.17, 15) is 9.59 Å². The van der Waals surface area contributed by atoms with Crippen molar-refractivity contribution in [1.29, 1.82) is 0 Å². The number of carbonyl (C=O) groups excluding carboxylic acids is 1. The van der Waals surface area contributed by atoms with Crippen molar-refractivity contribution in [3.8, 4) is 0 Å². The number of hydrogen-bond acceptors (Lipinski definition) is 4. The van der Waals surface area contributed by atoms with Crippen LogP contribution < -0.4 is 10.9 Å². The lowest BCUT2D eigenvalue weighted by atomic mass is 10.0. The van der Waals surface area contributed by atoms with E-state index in [1.54, 1.807) is 11.7 Å². The summed E-state index contributed by atoms with van der Waals surface area (Å²) in [4.78, 5) is 29.1. The van der Waals surface area contributed by atoms with Crippen molar-refractivity contribution >= 4 is 27.7 Å². The third kappa shape index (κ3) is 3.38. The maximum Gasteiger partial charge on any atom is 0.264 e. The maximum atomic E-state index is 12.5. The van der Waals surface area contributed by atoms with Gasteiger partial charge in [0.1, 0.15) is 5.39 Å². The van der Waals surface area contributed by atoms with Gasteiger partial charge in [-0.2, -0.15) is 5.10 Å². The molecule has 0 bridgehead atoms. The van der Waals surface area contributed by atoms with Crippen LogP contribution >= 0.6 is 0 Å². The van der Waals surface area contributed by atoms with E-state index in [-0.39, 0.29) is 30.5 Å². The molecule has 1 unspecified atom stereocenters. The molecule has 7 nitrogen and oxygen atoms in total. The number of fused-ring (bicyclic) bond motifs is 2. The van der Waals surface area contributed by atoms with Crippen molar-refractivity contribution in [1.82, 2.24) is 24.6 Å². The van der Waals surface area contributed by atoms with Crippen LogP contribution in [0.4, 0.5) is 0 Å². The van der Waals surface area contributed by atoms with Crippen LogP contribution in [0, 0.1) is 0 Å². The number of aromatic nitrogens is 4. The lowest BCUT2D eigenvalue weighted by molar-refractivity contribution is -0.121. The molecule has 4 rings (SSSR count). The molecule has 0 fully saturated rings. The second kappa shape index (κ2) is 7.26. The number of nitrogens with zero attached hydrogens (tertiary/aromatic N) is 4. The standard InChI is InChI=1S/C21H21N5O2/c1-14(16-8-7-15-5-3-4-6-17(15)11-16)24-19(27)9-10-26-13-22-20-18(21(26)28)12-23-25(20)2/h3-8,11-14H,9-10H2,1-2H3,(H,24,27). The Morgan fingerprint density at radius 1 is 1.18 bits per heavy atom. The summed E-state index contributed by atoms with van der Waals surface area (Å²) in [6.07, 6.45) is 3.17. The molecule has 4 aromatic rings. The lowest BCUT2D eigenvalue weighted by Gasteiger charge is -2.15. The topological polar surface area (TPSA) is 81.8 Å². The van der Waals surface area contributed by atoms with Gasteiger partial charge in [-0.05, 0) is 29.3 Å². The van der Waals surface area contributed by atoms with Crippen molar-refractivity contribution in [2.24, 2.45) is 7.05 Å². The van der Waals surface area contributed by atoms with Crippen LogP contribution in [0.2, 0.25) is 0 Å². The van der Waals surface area contributed by atoms with E-state index in [2.05, 4.69) is 39.7 Å². The summed E-state index contributed by atoms with van der Waals surface area (Å²) in [5, 5.41) is 9.81. The van der Waals surface area contributed by atoms with Crippen molar-refractivity contribution in [3.05, 3.63) is 70.9 Å². The van der Waals surface area contributed by atoms with Crippen LogP contribution in [-0.2, 0) is 18.4 Å². The molecule has 7 heteroatoms. The van der Waals surface area contributed by atoms with Gasteiger partial charge >= 0.3 is 0 Å². The number of aryl methyl sites for hydroxylation is 2. The second-order valence-corrected chi connectivity index (χ2v) is 6.89. The van der Waals surface area contributed by atoms with Crippen LogP contribution in [0.5, 0.6) is 0 Å². The molecule has 2 aromatic heterocycles. The van der Waals surface area contributed by atoms with Crippen LogP contribution in [0.25, 0.3) is 21.8 Å². The first-order chi connectivity index (χ1) is 13.5. The fraction of sp³-hybridized carbons (Fsp3) is 0.238. The van der Waals surface area contributed by atoms with Crippen molar-refractivity contribution in [3.63, 3.8) is 0 Å². The number of rotatable bonds is 5. The minimum atomic E-state index is -0.187. The maximum absolute atomic E-state index is 12.5. The van der Waals surface area contributed by atoms with Gasteiger partial charge < -0.3 is 5.32 Å². The minimum absolute atomic E-state index is 0.112. The van der Waals surface area contributed by atoms with E-state index in [1.165, 1.54) is 22.5 Å². The van der Waals surface area contributed by atoms with E-state index < -0.39 is 0 Å². The van der Waals surface area contributed by atoms with E-state index in [4.69, 9.17) is 0 Å². The quantitative estimate of drug-likeness (QED) is 0.581. The van der Waals surface area contributed by atoms with Gasteiger partial charge in [0.2, 0.25) is 5.91 Å². The van der Waals surface area contributed by atoms with E-state index in [1.807, 2.05) is 25.1 Å². The van der Waals surface area contributed by atoms with Gasteiger partial charge in [-0.15, -0.1) is 0 Å². The lowest BCUT2D eigenvalue weighted by Crippen LogP contribution is -2.29. The van der Waals surface area contributed by atoms with Crippen molar-refractivity contribution in [2.75, 3.05) is 0 Å². The summed E-state index contributed by atoms with van der Waals surface area (Å²) in [7, 11) is 1.74. The Bertz CT molecular complexity index is 1220. The average molecular weight is 375 g/mol. The highest BCUT2D eigenvalue weighted by molar-refractivity contribution is 5.83. The third-order valence-corrected chi connectivity index (χ3v) is 4.95. The Balaban J connectivity index is 1.42. The van der Waals surface area contributed by atoms with E-state index >= 15 is 0 Å². The minimum Gasteiger partial charge on any atom is -0.350 e. The molecule has 0 spiro atoms. The molecule has 28 heavy (non-hydrogen) atoms. The van der Waals surface area contributed by atoms with Crippen LogP contribution in [0.15, 0.2) is 59.8 Å². The molecular weight excluding hydrogens is 354 g/mol. The summed E-state index contributed by atoms with van der Waals surface area (Å²) in [5.74, 6) is -0.112. The molecule has 2 heterocycles. The van der Waals surface area contributed by atoms with Crippen LogP contribution in [0.1, 0.15) is 24.9 Å². The predicted octanol–water partition coefficient (Wildman–Crippen LogP) is 2.55. The summed E-state index contributed by atoms with van der Waals surface area (Å²) < 4.78 is 3.00. The van der Waals surface area contributed by atoms with Gasteiger partial charge in [-0.1, -0.05) is 36.4 Å². The van der Waals surface area contributed by atoms with Gasteiger partial charge in [0, 0.05) is 20.0 Å². The first-order valence-electron chi connectivity index (χ1n) is 9.18. The van der Waals surface area contributed by atoms with Gasteiger partial charge in [0.15, 0.2) is 5.65 Å².